The van der Waals surface area contributed by atoms with Gasteiger partial charge in [0.2, 0.25) is 0 Å². The van der Waals surface area contributed by atoms with Crippen molar-refractivity contribution in [3.8, 4) is 6.07 Å². The second-order valence-electron chi connectivity index (χ2n) is 4.89. The summed E-state index contributed by atoms with van der Waals surface area (Å²) in [6, 6.07) is 5.87. The molecule has 0 bridgehead atoms. The lowest BCUT2D eigenvalue weighted by molar-refractivity contribution is 0.0460. The Morgan fingerprint density at radius 3 is 2.72 bits per heavy atom. The van der Waals surface area contributed by atoms with Crippen molar-refractivity contribution in [1.29, 1.82) is 5.26 Å². The predicted octanol–water partition coefficient (Wildman–Crippen LogP) is 1.42. The zero-order valence-corrected chi connectivity index (χ0v) is 10.9. The number of halogens is 1. The topological polar surface area (TPSA) is 59.3 Å². The van der Waals surface area contributed by atoms with Crippen LogP contribution in [0.2, 0.25) is 0 Å². The van der Waals surface area contributed by atoms with Gasteiger partial charge in [-0.05, 0) is 39.2 Å². The number of nitriles is 1. The normalized spacial score (nSPS) is 14.1. The zero-order chi connectivity index (χ0) is 13.8. The van der Waals surface area contributed by atoms with Crippen LogP contribution in [-0.4, -0.2) is 42.8 Å². The van der Waals surface area contributed by atoms with Crippen LogP contribution in [0.15, 0.2) is 18.2 Å². The molecular weight excluding hydrogens is 233 g/mol. The summed E-state index contributed by atoms with van der Waals surface area (Å²) >= 11 is 0. The summed E-state index contributed by atoms with van der Waals surface area (Å²) < 4.78 is 12.9. The molecule has 0 spiro atoms. The van der Waals surface area contributed by atoms with Crippen molar-refractivity contribution in [2.45, 2.75) is 12.5 Å². The van der Waals surface area contributed by atoms with Crippen LogP contribution < -0.4 is 5.32 Å². The quantitative estimate of drug-likeness (QED) is 0.831. The van der Waals surface area contributed by atoms with Gasteiger partial charge in [0.15, 0.2) is 0 Å². The molecule has 0 radical (unpaired) electrons. The Balaban J connectivity index is 2.72. The third kappa shape index (κ3) is 4.32. The minimum absolute atomic E-state index is 0.232. The lowest BCUT2D eigenvalue weighted by atomic mass is 10.1. The van der Waals surface area contributed by atoms with Crippen molar-refractivity contribution in [2.24, 2.45) is 0 Å². The van der Waals surface area contributed by atoms with Gasteiger partial charge >= 0.3 is 0 Å². The Bertz CT molecular complexity index is 452. The molecule has 0 aliphatic rings. The molecule has 0 saturated heterocycles. The Morgan fingerprint density at radius 1 is 1.50 bits per heavy atom. The minimum atomic E-state index is -0.926. The lowest BCUT2D eigenvalue weighted by Crippen LogP contribution is -2.43. The van der Waals surface area contributed by atoms with Crippen molar-refractivity contribution >= 4 is 5.69 Å². The van der Waals surface area contributed by atoms with Crippen LogP contribution in [0.3, 0.4) is 0 Å². The second kappa shape index (κ2) is 5.80. The molecule has 1 aromatic carbocycles. The number of nitrogens with zero attached hydrogens (tertiary/aromatic N) is 2. The van der Waals surface area contributed by atoms with Crippen LogP contribution >= 0.6 is 0 Å². The summed E-state index contributed by atoms with van der Waals surface area (Å²) in [7, 11) is 3.74. The first-order valence-electron chi connectivity index (χ1n) is 5.65. The van der Waals surface area contributed by atoms with Crippen molar-refractivity contribution in [3.63, 3.8) is 0 Å². The van der Waals surface area contributed by atoms with E-state index < -0.39 is 11.4 Å². The molecule has 4 nitrogen and oxygen atoms in total. The number of benzene rings is 1. The van der Waals surface area contributed by atoms with E-state index in [1.807, 2.05) is 25.1 Å². The van der Waals surface area contributed by atoms with E-state index in [0.717, 1.165) is 0 Å². The molecular formula is C13H18FN3O. The summed E-state index contributed by atoms with van der Waals surface area (Å²) in [5, 5.41) is 22.0. The third-order valence-corrected chi connectivity index (χ3v) is 2.42. The molecule has 0 aliphatic carbocycles. The molecule has 2 N–H and O–H groups in total. The number of likely N-dealkylation sites (N-methyl/N-ethyl adjacent to an activating group) is 1. The molecule has 5 heteroatoms. The van der Waals surface area contributed by atoms with Crippen molar-refractivity contribution in [2.75, 3.05) is 32.5 Å². The maximum atomic E-state index is 12.9. The molecule has 0 amide bonds. The number of hydrogen-bond donors (Lipinski definition) is 2. The first kappa shape index (κ1) is 14.4. The Hall–Kier alpha value is -1.64. The fourth-order valence-electron chi connectivity index (χ4n) is 1.79. The van der Waals surface area contributed by atoms with Gasteiger partial charge in [0.25, 0.3) is 0 Å². The first-order chi connectivity index (χ1) is 8.34. The average Bonchev–Trinajstić information content (AvgIpc) is 2.25. The van der Waals surface area contributed by atoms with E-state index in [9.17, 15) is 9.50 Å². The predicted molar refractivity (Wildman–Crippen MR) is 68.8 cm³/mol. The summed E-state index contributed by atoms with van der Waals surface area (Å²) in [4.78, 5) is 1.87. The molecule has 1 unspecified atom stereocenters. The molecule has 18 heavy (non-hydrogen) atoms. The van der Waals surface area contributed by atoms with Gasteiger partial charge in [-0.25, -0.2) is 4.39 Å². The van der Waals surface area contributed by atoms with Gasteiger partial charge in [-0.1, -0.05) is 0 Å². The first-order valence-corrected chi connectivity index (χ1v) is 5.65. The van der Waals surface area contributed by atoms with Crippen molar-refractivity contribution in [3.05, 3.63) is 29.6 Å². The molecule has 0 saturated carbocycles. The maximum Gasteiger partial charge on any atom is 0.124 e. The summed E-state index contributed by atoms with van der Waals surface area (Å²) in [5.41, 5.74) is -0.168. The fraction of sp³-hybridized carbons (Fsp3) is 0.462. The van der Waals surface area contributed by atoms with E-state index in [2.05, 4.69) is 5.32 Å². The SMILES string of the molecule is CN(C)CC(C)(O)CNc1ccc(F)cc1C#N. The number of anilines is 1. The van der Waals surface area contributed by atoms with Gasteiger partial charge in [-0.2, -0.15) is 5.26 Å². The van der Waals surface area contributed by atoms with Gasteiger partial charge in [0.1, 0.15) is 11.9 Å². The minimum Gasteiger partial charge on any atom is -0.387 e. The highest BCUT2D eigenvalue weighted by Crippen LogP contribution is 2.17. The van der Waals surface area contributed by atoms with E-state index in [1.54, 1.807) is 6.92 Å². The molecule has 0 aliphatic heterocycles. The highest BCUT2D eigenvalue weighted by Gasteiger charge is 2.21. The van der Waals surface area contributed by atoms with Crippen LogP contribution in [0.25, 0.3) is 0 Å². The molecule has 1 aromatic rings. The number of hydrogen-bond acceptors (Lipinski definition) is 4. The number of nitrogens with one attached hydrogen (secondary N) is 1. The Kier molecular flexibility index (Phi) is 4.65. The van der Waals surface area contributed by atoms with E-state index in [4.69, 9.17) is 5.26 Å². The zero-order valence-electron chi connectivity index (χ0n) is 10.9. The third-order valence-electron chi connectivity index (χ3n) is 2.42. The largest absolute Gasteiger partial charge is 0.387 e. The molecule has 98 valence electrons. The smallest absolute Gasteiger partial charge is 0.124 e. The maximum absolute atomic E-state index is 12.9. The molecule has 1 atom stereocenters. The molecule has 1 rings (SSSR count). The Labute approximate surface area is 107 Å². The van der Waals surface area contributed by atoms with Gasteiger partial charge in [0, 0.05) is 13.1 Å². The standard InChI is InChI=1S/C13H18FN3O/c1-13(18,9-17(2)3)8-16-12-5-4-11(14)6-10(12)7-15/h4-6,16,18H,8-9H2,1-3H3. The highest BCUT2D eigenvalue weighted by molar-refractivity contribution is 5.57. The van der Waals surface area contributed by atoms with E-state index in [1.165, 1.54) is 18.2 Å². The van der Waals surface area contributed by atoms with Crippen LogP contribution in [-0.2, 0) is 0 Å². The van der Waals surface area contributed by atoms with Crippen LogP contribution in [0.1, 0.15) is 12.5 Å². The molecule has 0 fully saturated rings. The summed E-state index contributed by atoms with van der Waals surface area (Å²) in [6.07, 6.45) is 0. The van der Waals surface area contributed by atoms with Crippen molar-refractivity contribution < 1.29 is 9.50 Å². The van der Waals surface area contributed by atoms with Gasteiger partial charge in [-0.15, -0.1) is 0 Å². The highest BCUT2D eigenvalue weighted by atomic mass is 19.1. The van der Waals surface area contributed by atoms with E-state index in [-0.39, 0.29) is 12.1 Å². The van der Waals surface area contributed by atoms with Gasteiger partial charge in [-0.3, -0.25) is 0 Å². The summed E-state index contributed by atoms with van der Waals surface area (Å²) in [6.45, 7) is 2.48. The average molecular weight is 251 g/mol. The molecule has 0 heterocycles. The molecule has 0 aromatic heterocycles. The van der Waals surface area contributed by atoms with Crippen LogP contribution in [0.5, 0.6) is 0 Å². The lowest BCUT2D eigenvalue weighted by Gasteiger charge is -2.27. The van der Waals surface area contributed by atoms with Gasteiger partial charge in [0.05, 0.1) is 16.9 Å². The number of aliphatic hydroxyl groups is 1. The fourth-order valence-corrected chi connectivity index (χ4v) is 1.79. The monoisotopic (exact) mass is 251 g/mol. The number of rotatable bonds is 5. The van der Waals surface area contributed by atoms with Crippen LogP contribution in [0, 0.1) is 17.1 Å². The van der Waals surface area contributed by atoms with E-state index in [0.29, 0.717) is 12.2 Å². The van der Waals surface area contributed by atoms with Gasteiger partial charge < -0.3 is 15.3 Å². The second-order valence-corrected chi connectivity index (χ2v) is 4.89. The van der Waals surface area contributed by atoms with E-state index >= 15 is 0 Å². The summed E-state index contributed by atoms with van der Waals surface area (Å²) in [5.74, 6) is -0.447. The van der Waals surface area contributed by atoms with Crippen molar-refractivity contribution in [1.82, 2.24) is 4.90 Å². The Morgan fingerprint density at radius 2 is 2.17 bits per heavy atom. The van der Waals surface area contributed by atoms with Crippen LogP contribution in [0.4, 0.5) is 10.1 Å².